The molecule has 1 aliphatic rings. The van der Waals surface area contributed by atoms with Crippen LogP contribution in [0, 0.1) is 0 Å². The van der Waals surface area contributed by atoms with E-state index in [1.165, 1.54) is 0 Å². The number of hydrogen-bond donors (Lipinski definition) is 1. The van der Waals surface area contributed by atoms with Gasteiger partial charge in [-0.05, 0) is 30.0 Å². The van der Waals surface area contributed by atoms with Crippen molar-refractivity contribution in [2.24, 2.45) is 4.99 Å². The third-order valence-electron chi connectivity index (χ3n) is 4.66. The van der Waals surface area contributed by atoms with E-state index in [0.717, 1.165) is 16.7 Å². The fraction of sp³-hybridized carbons (Fsp3) is 0.350. The molecule has 3 rings (SSSR count). The number of benzene rings is 2. The highest BCUT2D eigenvalue weighted by Gasteiger charge is 2.31. The lowest BCUT2D eigenvalue weighted by Crippen LogP contribution is -2.26. The number of rotatable bonds is 5. The predicted octanol–water partition coefficient (Wildman–Crippen LogP) is 4.21. The number of aliphatic hydroxyl groups is 1. The highest BCUT2D eigenvalue weighted by Crippen LogP contribution is 2.33. The van der Waals surface area contributed by atoms with E-state index >= 15 is 0 Å². The zero-order chi connectivity index (χ0) is 16.3. The molecule has 23 heavy (non-hydrogen) atoms. The monoisotopic (exact) mass is 309 g/mol. The zero-order valence-electron chi connectivity index (χ0n) is 13.7. The minimum atomic E-state index is -0.840. The van der Waals surface area contributed by atoms with Gasteiger partial charge in [-0.3, -0.25) is 0 Å². The number of ether oxygens (including phenoxy) is 1. The van der Waals surface area contributed by atoms with E-state index in [0.29, 0.717) is 25.3 Å². The summed E-state index contributed by atoms with van der Waals surface area (Å²) in [5.41, 5.74) is 2.11. The molecule has 1 N–H and O–H groups in total. The van der Waals surface area contributed by atoms with Crippen molar-refractivity contribution >= 4 is 5.90 Å². The third kappa shape index (κ3) is 3.02. The van der Waals surface area contributed by atoms with Gasteiger partial charge in [0.15, 0.2) is 0 Å². The third-order valence-corrected chi connectivity index (χ3v) is 4.66. The van der Waals surface area contributed by atoms with E-state index < -0.39 is 5.60 Å². The van der Waals surface area contributed by atoms with Crippen LogP contribution in [-0.2, 0) is 10.3 Å². The van der Waals surface area contributed by atoms with Gasteiger partial charge in [-0.15, -0.1) is 0 Å². The number of nitrogens with zero attached hydrogens (tertiary/aromatic N) is 1. The van der Waals surface area contributed by atoms with Crippen molar-refractivity contribution in [2.75, 3.05) is 6.61 Å². The second kappa shape index (κ2) is 6.55. The van der Waals surface area contributed by atoms with Crippen molar-refractivity contribution in [1.29, 1.82) is 0 Å². The number of aliphatic imine (C=N–C) groups is 1. The topological polar surface area (TPSA) is 41.8 Å². The van der Waals surface area contributed by atoms with Crippen LogP contribution in [0.5, 0.6) is 0 Å². The fourth-order valence-electron chi connectivity index (χ4n) is 3.07. The lowest BCUT2D eigenvalue weighted by molar-refractivity contribution is 0.0280. The maximum absolute atomic E-state index is 10.9. The summed E-state index contributed by atoms with van der Waals surface area (Å²) in [4.78, 5) is 4.75. The van der Waals surface area contributed by atoms with Gasteiger partial charge < -0.3 is 9.84 Å². The van der Waals surface area contributed by atoms with Crippen molar-refractivity contribution in [3.05, 3.63) is 71.3 Å². The maximum atomic E-state index is 10.9. The first kappa shape index (κ1) is 15.8. The Kier molecular flexibility index (Phi) is 4.49. The van der Waals surface area contributed by atoms with E-state index in [-0.39, 0.29) is 6.04 Å². The quantitative estimate of drug-likeness (QED) is 0.899. The molecule has 0 bridgehead atoms. The molecular weight excluding hydrogens is 286 g/mol. The molecule has 1 aliphatic heterocycles. The van der Waals surface area contributed by atoms with Crippen LogP contribution in [0.1, 0.15) is 49.4 Å². The first-order valence-corrected chi connectivity index (χ1v) is 8.25. The van der Waals surface area contributed by atoms with Gasteiger partial charge in [0.25, 0.3) is 0 Å². The maximum Gasteiger partial charge on any atom is 0.217 e. The van der Waals surface area contributed by atoms with Crippen LogP contribution in [0.15, 0.2) is 59.6 Å². The molecule has 0 fully saturated rings. The summed E-state index contributed by atoms with van der Waals surface area (Å²) in [6.07, 6.45) is 1.33. The van der Waals surface area contributed by atoms with Crippen molar-refractivity contribution in [3.8, 4) is 0 Å². The van der Waals surface area contributed by atoms with E-state index in [2.05, 4.69) is 12.1 Å². The Hall–Kier alpha value is -2.13. The minimum absolute atomic E-state index is 0.0237. The van der Waals surface area contributed by atoms with Crippen LogP contribution in [-0.4, -0.2) is 17.6 Å². The molecule has 120 valence electrons. The van der Waals surface area contributed by atoms with Gasteiger partial charge in [0.2, 0.25) is 5.90 Å². The van der Waals surface area contributed by atoms with Gasteiger partial charge in [0.1, 0.15) is 12.6 Å². The molecule has 1 atom stereocenters. The Morgan fingerprint density at radius 1 is 1.04 bits per heavy atom. The summed E-state index contributed by atoms with van der Waals surface area (Å²) in [6, 6.07) is 18.1. The Morgan fingerprint density at radius 3 is 2.39 bits per heavy atom. The molecule has 3 nitrogen and oxygen atoms in total. The fourth-order valence-corrected chi connectivity index (χ4v) is 3.07. The largest absolute Gasteiger partial charge is 0.475 e. The van der Waals surface area contributed by atoms with Gasteiger partial charge in [-0.1, -0.05) is 62.4 Å². The molecule has 0 saturated carbocycles. The van der Waals surface area contributed by atoms with Crippen LogP contribution in [0.25, 0.3) is 0 Å². The van der Waals surface area contributed by atoms with Crippen molar-refractivity contribution in [2.45, 2.75) is 38.3 Å². The SMILES string of the molecule is CCC(O)(CC)c1ccccc1C1=N[C@H](c2ccccc2)CO1. The normalized spacial score (nSPS) is 17.7. The van der Waals surface area contributed by atoms with Crippen LogP contribution < -0.4 is 0 Å². The average Bonchev–Trinajstić information content (AvgIpc) is 3.12. The van der Waals surface area contributed by atoms with Gasteiger partial charge >= 0.3 is 0 Å². The molecule has 1 heterocycles. The Balaban J connectivity index is 1.97. The summed E-state index contributed by atoms with van der Waals surface area (Å²) in [7, 11) is 0. The van der Waals surface area contributed by atoms with E-state index in [4.69, 9.17) is 9.73 Å². The standard InChI is InChI=1S/C20H23NO2/c1-3-20(22,4-2)17-13-9-8-12-16(17)19-21-18(14-23-19)15-10-6-5-7-11-15/h5-13,18,22H,3-4,14H2,1-2H3/t18-/m0/s1. The lowest BCUT2D eigenvalue weighted by atomic mass is 9.85. The highest BCUT2D eigenvalue weighted by atomic mass is 16.5. The molecule has 2 aromatic carbocycles. The number of hydrogen-bond acceptors (Lipinski definition) is 3. The molecule has 0 amide bonds. The summed E-state index contributed by atoms with van der Waals surface area (Å²) in [6.45, 7) is 4.55. The molecule has 0 spiro atoms. The first-order chi connectivity index (χ1) is 11.2. The van der Waals surface area contributed by atoms with Crippen LogP contribution in [0.2, 0.25) is 0 Å². The molecule has 2 aromatic rings. The van der Waals surface area contributed by atoms with Crippen molar-refractivity contribution in [3.63, 3.8) is 0 Å². The van der Waals surface area contributed by atoms with Gasteiger partial charge in [0.05, 0.1) is 5.60 Å². The molecule has 0 aliphatic carbocycles. The molecule has 0 unspecified atom stereocenters. The first-order valence-electron chi connectivity index (χ1n) is 8.25. The summed E-state index contributed by atoms with van der Waals surface area (Å²) in [5, 5.41) is 10.9. The smallest absolute Gasteiger partial charge is 0.217 e. The van der Waals surface area contributed by atoms with Gasteiger partial charge in [-0.2, -0.15) is 0 Å². The Bertz CT molecular complexity index is 690. The Morgan fingerprint density at radius 2 is 1.70 bits per heavy atom. The van der Waals surface area contributed by atoms with Gasteiger partial charge in [-0.25, -0.2) is 4.99 Å². The van der Waals surface area contributed by atoms with Crippen LogP contribution in [0.3, 0.4) is 0 Å². The predicted molar refractivity (Wildman–Crippen MR) is 92.6 cm³/mol. The molecule has 0 saturated heterocycles. The highest BCUT2D eigenvalue weighted by molar-refractivity contribution is 5.97. The molecule has 3 heteroatoms. The molecule has 0 aromatic heterocycles. The van der Waals surface area contributed by atoms with E-state index in [9.17, 15) is 5.11 Å². The molecular formula is C20H23NO2. The lowest BCUT2D eigenvalue weighted by Gasteiger charge is -2.28. The molecule has 0 radical (unpaired) electrons. The van der Waals surface area contributed by atoms with Gasteiger partial charge in [0, 0.05) is 5.56 Å². The van der Waals surface area contributed by atoms with E-state index in [1.54, 1.807) is 0 Å². The Labute approximate surface area is 137 Å². The summed E-state index contributed by atoms with van der Waals surface area (Å²) in [5.74, 6) is 0.634. The summed E-state index contributed by atoms with van der Waals surface area (Å²) < 4.78 is 5.87. The van der Waals surface area contributed by atoms with Crippen LogP contribution >= 0.6 is 0 Å². The van der Waals surface area contributed by atoms with E-state index in [1.807, 2.05) is 56.3 Å². The second-order valence-corrected chi connectivity index (χ2v) is 5.96. The minimum Gasteiger partial charge on any atom is -0.475 e. The van der Waals surface area contributed by atoms with Crippen LogP contribution in [0.4, 0.5) is 0 Å². The summed E-state index contributed by atoms with van der Waals surface area (Å²) >= 11 is 0. The average molecular weight is 309 g/mol. The van der Waals surface area contributed by atoms with Crippen molar-refractivity contribution < 1.29 is 9.84 Å². The second-order valence-electron chi connectivity index (χ2n) is 5.96. The van der Waals surface area contributed by atoms with Crippen molar-refractivity contribution in [1.82, 2.24) is 0 Å². The zero-order valence-corrected chi connectivity index (χ0v) is 13.7.